The SMILES string of the molecule is CC(C)(C)C1CCC(C#N)C(N(CCCO)C2CCC2)C1. The first kappa shape index (κ1) is 16.8. The number of aliphatic hydroxyl groups excluding tert-OH is 1. The smallest absolute Gasteiger partial charge is 0.0672 e. The number of hydrogen-bond acceptors (Lipinski definition) is 3. The van der Waals surface area contributed by atoms with Crippen LogP contribution in [0.5, 0.6) is 0 Å². The molecule has 0 aliphatic heterocycles. The lowest BCUT2D eigenvalue weighted by Crippen LogP contribution is -2.53. The second-order valence-corrected chi connectivity index (χ2v) is 8.08. The Labute approximate surface area is 130 Å². The molecule has 3 atom stereocenters. The van der Waals surface area contributed by atoms with Crippen molar-refractivity contribution in [1.82, 2.24) is 4.90 Å². The molecule has 1 N–H and O–H groups in total. The Balaban J connectivity index is 2.11. The highest BCUT2D eigenvalue weighted by molar-refractivity contribution is 5.01. The zero-order valence-corrected chi connectivity index (χ0v) is 14.0. The molecule has 0 saturated heterocycles. The fourth-order valence-corrected chi connectivity index (χ4v) is 4.04. The summed E-state index contributed by atoms with van der Waals surface area (Å²) in [5.74, 6) is 0.895. The summed E-state index contributed by atoms with van der Waals surface area (Å²) in [6, 6.07) is 3.65. The van der Waals surface area contributed by atoms with Crippen LogP contribution < -0.4 is 0 Å². The highest BCUT2D eigenvalue weighted by atomic mass is 16.3. The molecule has 0 aromatic heterocycles. The van der Waals surface area contributed by atoms with Crippen LogP contribution in [0.25, 0.3) is 0 Å². The Bertz CT molecular complexity index is 364. The maximum absolute atomic E-state index is 9.57. The van der Waals surface area contributed by atoms with Crippen LogP contribution >= 0.6 is 0 Å². The van der Waals surface area contributed by atoms with Crippen LogP contribution in [0.1, 0.15) is 65.7 Å². The van der Waals surface area contributed by atoms with Crippen molar-refractivity contribution in [2.45, 2.75) is 77.8 Å². The van der Waals surface area contributed by atoms with Crippen LogP contribution in [0.4, 0.5) is 0 Å². The highest BCUT2D eigenvalue weighted by Gasteiger charge is 2.41. The average Bonchev–Trinajstić information content (AvgIpc) is 2.39. The molecular weight excluding hydrogens is 260 g/mol. The zero-order chi connectivity index (χ0) is 15.5. The molecule has 0 bridgehead atoms. The lowest BCUT2D eigenvalue weighted by molar-refractivity contribution is 0.00629. The largest absolute Gasteiger partial charge is 0.396 e. The Morgan fingerprint density at radius 2 is 1.90 bits per heavy atom. The predicted molar refractivity (Wildman–Crippen MR) is 85.7 cm³/mol. The highest BCUT2D eigenvalue weighted by Crippen LogP contribution is 2.43. The molecule has 21 heavy (non-hydrogen) atoms. The topological polar surface area (TPSA) is 47.3 Å². The predicted octanol–water partition coefficient (Wildman–Crippen LogP) is 3.58. The fraction of sp³-hybridized carbons (Fsp3) is 0.944. The standard InChI is InChI=1S/C18H32N2O/c1-18(2,3)15-9-8-14(13-19)17(12-15)20(10-5-11-21)16-6-4-7-16/h14-17,21H,4-12H2,1-3H3. The first-order valence-electron chi connectivity index (χ1n) is 8.73. The van der Waals surface area contributed by atoms with Crippen LogP contribution in [0.3, 0.4) is 0 Å². The molecule has 0 aromatic rings. The molecule has 3 unspecified atom stereocenters. The van der Waals surface area contributed by atoms with Gasteiger partial charge in [0.05, 0.1) is 12.0 Å². The van der Waals surface area contributed by atoms with E-state index in [-0.39, 0.29) is 12.5 Å². The van der Waals surface area contributed by atoms with Gasteiger partial charge in [-0.15, -0.1) is 0 Å². The molecule has 2 fully saturated rings. The minimum Gasteiger partial charge on any atom is -0.396 e. The molecule has 2 rings (SSSR count). The summed E-state index contributed by atoms with van der Waals surface area (Å²) in [6.07, 6.45) is 8.12. The molecule has 0 spiro atoms. The van der Waals surface area contributed by atoms with Crippen LogP contribution in [0, 0.1) is 28.6 Å². The van der Waals surface area contributed by atoms with E-state index in [1.165, 1.54) is 25.7 Å². The number of hydrogen-bond donors (Lipinski definition) is 1. The van der Waals surface area contributed by atoms with E-state index < -0.39 is 0 Å². The Kier molecular flexibility index (Phi) is 5.68. The summed E-state index contributed by atoms with van der Waals surface area (Å²) in [6.45, 7) is 8.23. The number of rotatable bonds is 5. The normalized spacial score (nSPS) is 31.0. The second kappa shape index (κ2) is 7.11. The maximum Gasteiger partial charge on any atom is 0.0672 e. The fourth-order valence-electron chi connectivity index (χ4n) is 4.04. The molecule has 120 valence electrons. The van der Waals surface area contributed by atoms with Gasteiger partial charge in [-0.05, 0) is 49.9 Å². The average molecular weight is 292 g/mol. The summed E-state index contributed by atoms with van der Waals surface area (Å²) >= 11 is 0. The van der Waals surface area contributed by atoms with Crippen molar-refractivity contribution in [1.29, 1.82) is 5.26 Å². The van der Waals surface area contributed by atoms with E-state index in [1.807, 2.05) is 0 Å². The van der Waals surface area contributed by atoms with Crippen molar-refractivity contribution in [3.8, 4) is 6.07 Å². The van der Waals surface area contributed by atoms with E-state index in [2.05, 4.69) is 31.7 Å². The molecule has 0 radical (unpaired) electrons. The first-order chi connectivity index (χ1) is 9.97. The van der Waals surface area contributed by atoms with Gasteiger partial charge in [-0.2, -0.15) is 5.26 Å². The molecule has 3 heteroatoms. The number of nitrogens with zero attached hydrogens (tertiary/aromatic N) is 2. The van der Waals surface area contributed by atoms with Gasteiger partial charge in [-0.25, -0.2) is 0 Å². The Morgan fingerprint density at radius 3 is 2.38 bits per heavy atom. The van der Waals surface area contributed by atoms with E-state index in [0.717, 1.165) is 25.8 Å². The molecule has 2 aliphatic rings. The molecule has 0 amide bonds. The maximum atomic E-state index is 9.57. The molecule has 2 aliphatic carbocycles. The van der Waals surface area contributed by atoms with Crippen LogP contribution in [-0.4, -0.2) is 35.2 Å². The van der Waals surface area contributed by atoms with Crippen molar-refractivity contribution < 1.29 is 5.11 Å². The minimum atomic E-state index is 0.183. The third kappa shape index (κ3) is 3.99. The van der Waals surface area contributed by atoms with Crippen molar-refractivity contribution in [2.24, 2.45) is 17.3 Å². The first-order valence-corrected chi connectivity index (χ1v) is 8.73. The molecule has 2 saturated carbocycles. The van der Waals surface area contributed by atoms with E-state index >= 15 is 0 Å². The number of nitriles is 1. The van der Waals surface area contributed by atoms with Crippen LogP contribution in [0.15, 0.2) is 0 Å². The minimum absolute atomic E-state index is 0.183. The van der Waals surface area contributed by atoms with Gasteiger partial charge in [0.15, 0.2) is 0 Å². The monoisotopic (exact) mass is 292 g/mol. The van der Waals surface area contributed by atoms with E-state index in [9.17, 15) is 10.4 Å². The second-order valence-electron chi connectivity index (χ2n) is 8.08. The van der Waals surface area contributed by atoms with Crippen molar-refractivity contribution in [3.63, 3.8) is 0 Å². The Morgan fingerprint density at radius 1 is 1.19 bits per heavy atom. The molecular formula is C18H32N2O. The van der Waals surface area contributed by atoms with Gasteiger partial charge in [-0.1, -0.05) is 27.2 Å². The van der Waals surface area contributed by atoms with E-state index in [0.29, 0.717) is 23.4 Å². The third-order valence-corrected chi connectivity index (χ3v) is 5.75. The summed E-state index contributed by atoms with van der Waals surface area (Å²) in [7, 11) is 0. The summed E-state index contributed by atoms with van der Waals surface area (Å²) in [4.78, 5) is 2.59. The quantitative estimate of drug-likeness (QED) is 0.842. The van der Waals surface area contributed by atoms with Crippen molar-refractivity contribution in [3.05, 3.63) is 0 Å². The zero-order valence-electron chi connectivity index (χ0n) is 14.0. The van der Waals surface area contributed by atoms with E-state index in [4.69, 9.17) is 0 Å². The van der Waals surface area contributed by atoms with Gasteiger partial charge in [0.25, 0.3) is 0 Å². The van der Waals surface area contributed by atoms with Gasteiger partial charge >= 0.3 is 0 Å². The van der Waals surface area contributed by atoms with E-state index in [1.54, 1.807) is 0 Å². The Hall–Kier alpha value is -0.590. The van der Waals surface area contributed by atoms with Gasteiger partial charge in [0, 0.05) is 25.2 Å². The van der Waals surface area contributed by atoms with Crippen LogP contribution in [-0.2, 0) is 0 Å². The molecule has 0 aromatic carbocycles. The summed E-state index contributed by atoms with van der Waals surface area (Å²) < 4.78 is 0. The number of aliphatic hydroxyl groups is 1. The molecule has 0 heterocycles. The lowest BCUT2D eigenvalue weighted by atomic mass is 9.67. The van der Waals surface area contributed by atoms with Gasteiger partial charge < -0.3 is 5.11 Å². The van der Waals surface area contributed by atoms with Crippen molar-refractivity contribution in [2.75, 3.05) is 13.2 Å². The van der Waals surface area contributed by atoms with Crippen molar-refractivity contribution >= 4 is 0 Å². The van der Waals surface area contributed by atoms with Gasteiger partial charge in [0.2, 0.25) is 0 Å². The summed E-state index contributed by atoms with van der Waals surface area (Å²) in [5.41, 5.74) is 0.334. The van der Waals surface area contributed by atoms with Gasteiger partial charge in [-0.3, -0.25) is 4.90 Å². The third-order valence-electron chi connectivity index (χ3n) is 5.75. The summed E-state index contributed by atoms with van der Waals surface area (Å²) in [5, 5.41) is 18.8. The van der Waals surface area contributed by atoms with Gasteiger partial charge in [0.1, 0.15) is 0 Å². The molecule has 3 nitrogen and oxygen atoms in total. The van der Waals surface area contributed by atoms with Crippen LogP contribution in [0.2, 0.25) is 0 Å². The lowest BCUT2D eigenvalue weighted by Gasteiger charge is -2.49.